The highest BCUT2D eigenvalue weighted by molar-refractivity contribution is 7.20. The van der Waals surface area contributed by atoms with Crippen molar-refractivity contribution in [3.8, 4) is 0 Å². The van der Waals surface area contributed by atoms with Crippen molar-refractivity contribution in [3.63, 3.8) is 0 Å². The van der Waals surface area contributed by atoms with Crippen LogP contribution in [0.5, 0.6) is 0 Å². The van der Waals surface area contributed by atoms with Gasteiger partial charge in [-0.15, -0.1) is 11.3 Å². The molecule has 2 saturated heterocycles. The van der Waals surface area contributed by atoms with Crippen molar-refractivity contribution in [2.45, 2.75) is 57.3 Å². The molecule has 0 radical (unpaired) electrons. The zero-order chi connectivity index (χ0) is 28.9. The Kier molecular flexibility index (Phi) is 8.88. The van der Waals surface area contributed by atoms with E-state index in [4.69, 9.17) is 4.74 Å². The number of para-hydroxylation sites is 1. The van der Waals surface area contributed by atoms with Crippen LogP contribution >= 0.6 is 11.3 Å². The van der Waals surface area contributed by atoms with E-state index in [2.05, 4.69) is 21.0 Å². The lowest BCUT2D eigenvalue weighted by Gasteiger charge is -2.24. The molecule has 2 aliphatic rings. The van der Waals surface area contributed by atoms with Crippen molar-refractivity contribution in [3.05, 3.63) is 65.2 Å². The van der Waals surface area contributed by atoms with Crippen LogP contribution in [0.3, 0.4) is 0 Å². The molecule has 41 heavy (non-hydrogen) atoms. The van der Waals surface area contributed by atoms with Crippen molar-refractivity contribution in [1.29, 1.82) is 0 Å². The summed E-state index contributed by atoms with van der Waals surface area (Å²) in [5.41, 5.74) is 4.47. The maximum atomic E-state index is 13.5. The fourth-order valence-corrected chi connectivity index (χ4v) is 5.76. The fourth-order valence-electron chi connectivity index (χ4n) is 4.80. The van der Waals surface area contributed by atoms with E-state index in [0.29, 0.717) is 24.9 Å². The summed E-state index contributed by atoms with van der Waals surface area (Å²) in [7, 11) is 0. The SMILES string of the molecule is CC(=O)N1C[C@H](O)C[C@H]1C(=O)N[C@@H](CCCNC1NN1C(=O)OCc1ccccc1)C(=O)c1nc2ccccc2s1. The molecular formula is C28H32N6O6S. The van der Waals surface area contributed by atoms with Crippen molar-refractivity contribution < 1.29 is 29.0 Å². The number of fused-ring (bicyclic) bond motifs is 1. The Morgan fingerprint density at radius 2 is 1.90 bits per heavy atom. The molecular weight excluding hydrogens is 548 g/mol. The second-order valence-corrected chi connectivity index (χ2v) is 11.1. The van der Waals surface area contributed by atoms with Crippen molar-refractivity contribution in [2.75, 3.05) is 13.1 Å². The van der Waals surface area contributed by atoms with Gasteiger partial charge < -0.3 is 20.1 Å². The molecule has 5 rings (SSSR count). The van der Waals surface area contributed by atoms with Gasteiger partial charge in [-0.25, -0.2) is 14.8 Å². The number of Topliss-reactive ketones (excluding diaryl/α,β-unsaturated/α-hetero) is 1. The molecule has 0 spiro atoms. The van der Waals surface area contributed by atoms with Gasteiger partial charge in [-0.1, -0.05) is 42.5 Å². The number of thiazole rings is 1. The number of benzene rings is 2. The van der Waals surface area contributed by atoms with Gasteiger partial charge >= 0.3 is 6.09 Å². The zero-order valence-electron chi connectivity index (χ0n) is 22.5. The second kappa shape index (κ2) is 12.7. The van der Waals surface area contributed by atoms with Gasteiger partial charge in [0.15, 0.2) is 11.3 Å². The van der Waals surface area contributed by atoms with Crippen LogP contribution in [0.25, 0.3) is 10.2 Å². The van der Waals surface area contributed by atoms with Crippen molar-refractivity contribution in [2.24, 2.45) is 0 Å². The summed E-state index contributed by atoms with van der Waals surface area (Å²) in [6, 6.07) is 15.1. The lowest BCUT2D eigenvalue weighted by atomic mass is 10.1. The Morgan fingerprint density at radius 1 is 1.15 bits per heavy atom. The van der Waals surface area contributed by atoms with Crippen LogP contribution in [0.1, 0.15) is 41.6 Å². The number of ether oxygens (including phenoxy) is 1. The minimum Gasteiger partial charge on any atom is -0.444 e. The average Bonchev–Trinajstić information content (AvgIpc) is 3.42. The van der Waals surface area contributed by atoms with Crippen molar-refractivity contribution >= 4 is 45.2 Å². The molecule has 2 fully saturated rings. The molecule has 0 aliphatic carbocycles. The minimum atomic E-state index is -0.879. The first kappa shape index (κ1) is 28.6. The number of aromatic nitrogens is 1. The maximum Gasteiger partial charge on any atom is 0.427 e. The molecule has 12 nitrogen and oxygen atoms in total. The van der Waals surface area contributed by atoms with Gasteiger partial charge in [0, 0.05) is 19.9 Å². The van der Waals surface area contributed by atoms with Gasteiger partial charge in [0.25, 0.3) is 0 Å². The number of carbonyl (C=O) groups excluding carboxylic acids is 4. The molecule has 2 aliphatic heterocycles. The first-order chi connectivity index (χ1) is 19.8. The molecule has 3 heterocycles. The Morgan fingerprint density at radius 3 is 2.66 bits per heavy atom. The quantitative estimate of drug-likeness (QED) is 0.150. The molecule has 216 valence electrons. The number of aliphatic hydroxyl groups excluding tert-OH is 1. The minimum absolute atomic E-state index is 0.0759. The number of carbonyl (C=O) groups is 4. The summed E-state index contributed by atoms with van der Waals surface area (Å²) in [6.45, 7) is 2.03. The molecule has 1 unspecified atom stereocenters. The summed E-state index contributed by atoms with van der Waals surface area (Å²) in [4.78, 5) is 56.8. The summed E-state index contributed by atoms with van der Waals surface area (Å²) in [5, 5.41) is 17.7. The van der Waals surface area contributed by atoms with Crippen LogP contribution in [0.4, 0.5) is 4.79 Å². The third-order valence-electron chi connectivity index (χ3n) is 6.98. The van der Waals surface area contributed by atoms with E-state index in [-0.39, 0.29) is 36.3 Å². The van der Waals surface area contributed by atoms with Gasteiger partial charge in [0.1, 0.15) is 12.6 Å². The van der Waals surface area contributed by atoms with Gasteiger partial charge in [0.2, 0.25) is 17.6 Å². The summed E-state index contributed by atoms with van der Waals surface area (Å²) in [5.74, 6) is -1.12. The standard InChI is InChI=1S/C28H32N6O6S/c1-17(35)33-15-19(36)14-22(33)25(38)30-21(24(37)26-31-20-10-5-6-12-23(20)41-26)11-7-13-29-27-32-34(27)28(39)40-16-18-8-3-2-4-9-18/h2-6,8-10,12,19,21-22,27,29,32,36H,7,11,13-16H2,1H3,(H,30,38)/t19-,21+,22+,27?,34?/m1/s1. The predicted molar refractivity (Wildman–Crippen MR) is 150 cm³/mol. The van der Waals surface area contributed by atoms with Crippen molar-refractivity contribution in [1.82, 2.24) is 31.0 Å². The number of rotatable bonds is 11. The number of amides is 3. The van der Waals surface area contributed by atoms with Gasteiger partial charge in [-0.05, 0) is 37.1 Å². The number of hydrogen-bond donors (Lipinski definition) is 4. The first-order valence-electron chi connectivity index (χ1n) is 13.4. The van der Waals surface area contributed by atoms with E-state index in [1.54, 1.807) is 0 Å². The van der Waals surface area contributed by atoms with Crippen LogP contribution in [-0.2, 0) is 20.9 Å². The van der Waals surface area contributed by atoms with E-state index in [1.807, 2.05) is 54.6 Å². The normalized spacial score (nSPS) is 20.6. The molecule has 3 amide bonds. The van der Waals surface area contributed by atoms with E-state index in [1.165, 1.54) is 28.2 Å². The highest BCUT2D eigenvalue weighted by Crippen LogP contribution is 2.24. The lowest BCUT2D eigenvalue weighted by Crippen LogP contribution is -2.50. The fraction of sp³-hybridized carbons (Fsp3) is 0.393. The third kappa shape index (κ3) is 7.06. The van der Waals surface area contributed by atoms with Crippen LogP contribution in [0.15, 0.2) is 54.6 Å². The zero-order valence-corrected chi connectivity index (χ0v) is 23.3. The van der Waals surface area contributed by atoms with E-state index in [0.717, 1.165) is 10.3 Å². The Bertz CT molecular complexity index is 1380. The number of hydrazine groups is 1. The summed E-state index contributed by atoms with van der Waals surface area (Å²) < 4.78 is 6.16. The predicted octanol–water partition coefficient (Wildman–Crippen LogP) is 1.76. The van der Waals surface area contributed by atoms with Crippen LogP contribution in [-0.4, -0.2) is 81.3 Å². The Labute approximate surface area is 240 Å². The van der Waals surface area contributed by atoms with Crippen LogP contribution in [0, 0.1) is 0 Å². The van der Waals surface area contributed by atoms with E-state index >= 15 is 0 Å². The number of nitrogens with zero attached hydrogens (tertiary/aromatic N) is 3. The first-order valence-corrected chi connectivity index (χ1v) is 14.3. The number of β-amino-alcohol motifs (C(OH)–C–C–N with tert-alkyl or cyclic N) is 1. The number of aliphatic hydroxyl groups is 1. The van der Waals surface area contributed by atoms with Crippen LogP contribution < -0.4 is 16.1 Å². The molecule has 0 saturated carbocycles. The third-order valence-corrected chi connectivity index (χ3v) is 8.04. The average molecular weight is 581 g/mol. The Balaban J connectivity index is 1.16. The summed E-state index contributed by atoms with van der Waals surface area (Å²) >= 11 is 1.26. The van der Waals surface area contributed by atoms with Gasteiger partial charge in [-0.3, -0.25) is 19.7 Å². The van der Waals surface area contributed by atoms with Gasteiger partial charge in [0.05, 0.1) is 22.4 Å². The monoisotopic (exact) mass is 580 g/mol. The highest BCUT2D eigenvalue weighted by Gasteiger charge is 2.40. The van der Waals surface area contributed by atoms with Crippen LogP contribution in [0.2, 0.25) is 0 Å². The number of hydrogen-bond acceptors (Lipinski definition) is 10. The lowest BCUT2D eigenvalue weighted by molar-refractivity contribution is -0.137. The summed E-state index contributed by atoms with van der Waals surface area (Å²) in [6.07, 6.45) is -0.791. The molecule has 3 aromatic rings. The maximum absolute atomic E-state index is 13.5. The molecule has 13 heteroatoms. The second-order valence-electron chi connectivity index (χ2n) is 10.0. The molecule has 4 N–H and O–H groups in total. The topological polar surface area (TPSA) is 163 Å². The van der Waals surface area contributed by atoms with Gasteiger partial charge in [-0.2, -0.15) is 5.43 Å². The number of likely N-dealkylation sites (tertiary alicyclic amines) is 1. The molecule has 4 atom stereocenters. The van der Waals surface area contributed by atoms with E-state index in [9.17, 15) is 24.3 Å². The Hall–Kier alpha value is -3.91. The van der Waals surface area contributed by atoms with E-state index < -0.39 is 36.5 Å². The number of nitrogens with one attached hydrogen (secondary N) is 3. The number of ketones is 1. The molecule has 1 aromatic heterocycles. The molecule has 2 aromatic carbocycles. The smallest absolute Gasteiger partial charge is 0.427 e. The largest absolute Gasteiger partial charge is 0.444 e. The molecule has 0 bridgehead atoms. The highest BCUT2D eigenvalue weighted by atomic mass is 32.1.